The van der Waals surface area contributed by atoms with Gasteiger partial charge in [0.25, 0.3) is 0 Å². The lowest BCUT2D eigenvalue weighted by molar-refractivity contribution is -0.114. The molecule has 0 saturated heterocycles. The molecule has 4 heteroatoms. The maximum atomic E-state index is 11.0. The number of Topliss-reactive ketones (excluding diaryl/α,β-unsaturated/α-hetero) is 1. The highest BCUT2D eigenvalue weighted by Gasteiger charge is 2.05. The average Bonchev–Trinajstić information content (AvgIpc) is 2.29. The van der Waals surface area contributed by atoms with Gasteiger partial charge in [-0.3, -0.25) is 4.79 Å². The fraction of sp³-hybridized carbons (Fsp3) is 0.429. The van der Waals surface area contributed by atoms with Crippen molar-refractivity contribution < 1.29 is 4.79 Å². The van der Waals surface area contributed by atoms with Crippen molar-refractivity contribution in [3.63, 3.8) is 0 Å². The van der Waals surface area contributed by atoms with Gasteiger partial charge in [-0.05, 0) is 38.2 Å². The van der Waals surface area contributed by atoms with Gasteiger partial charge in [-0.1, -0.05) is 48.1 Å². The van der Waals surface area contributed by atoms with E-state index in [1.165, 1.54) is 22.9 Å². The Morgan fingerprint density at radius 1 is 1.28 bits per heavy atom. The fourth-order valence-electron chi connectivity index (χ4n) is 1.42. The number of carbonyl (C=O) groups excluding carboxylic acids is 1. The van der Waals surface area contributed by atoms with Crippen molar-refractivity contribution in [2.75, 3.05) is 11.5 Å². The zero-order valence-corrected chi connectivity index (χ0v) is 13.0. The summed E-state index contributed by atoms with van der Waals surface area (Å²) in [7, 11) is 0. The Morgan fingerprint density at radius 3 is 2.56 bits per heavy atom. The van der Waals surface area contributed by atoms with E-state index in [2.05, 4.69) is 37.9 Å². The van der Waals surface area contributed by atoms with Crippen molar-refractivity contribution in [3.8, 4) is 0 Å². The van der Waals surface area contributed by atoms with E-state index in [-0.39, 0.29) is 5.78 Å². The third kappa shape index (κ3) is 5.27. The number of hydrogen-bond donors (Lipinski definition) is 0. The number of rotatable bonds is 4. The molecule has 0 spiro atoms. The van der Waals surface area contributed by atoms with E-state index in [4.69, 9.17) is 0 Å². The highest BCUT2D eigenvalue weighted by Crippen LogP contribution is 2.25. The van der Waals surface area contributed by atoms with Crippen LogP contribution in [0, 0.1) is 13.8 Å². The molecule has 0 aliphatic heterocycles. The van der Waals surface area contributed by atoms with Crippen molar-refractivity contribution in [1.29, 1.82) is 0 Å². The van der Waals surface area contributed by atoms with Crippen molar-refractivity contribution >= 4 is 39.4 Å². The summed E-state index contributed by atoms with van der Waals surface area (Å²) in [5.74, 6) is 1.65. The van der Waals surface area contributed by atoms with Gasteiger partial charge in [0.1, 0.15) is 10.2 Å². The summed E-state index contributed by atoms with van der Waals surface area (Å²) < 4.78 is 0.972. The van der Waals surface area contributed by atoms with Gasteiger partial charge < -0.3 is 0 Å². The first-order valence-electron chi connectivity index (χ1n) is 5.94. The number of hydrogen-bond acceptors (Lipinski definition) is 4. The normalized spacial score (nSPS) is 11.7. The van der Waals surface area contributed by atoms with E-state index in [0.29, 0.717) is 5.75 Å². The zero-order valence-electron chi connectivity index (χ0n) is 11.3. The molecular formula is C14H19NOS2. The molecule has 18 heavy (non-hydrogen) atoms. The van der Waals surface area contributed by atoms with E-state index >= 15 is 0 Å². The van der Waals surface area contributed by atoms with Crippen LogP contribution in [0.4, 0.5) is 5.69 Å². The molecule has 1 aromatic rings. The molecule has 0 aromatic heterocycles. The predicted octanol–water partition coefficient (Wildman–Crippen LogP) is 4.37. The van der Waals surface area contributed by atoms with E-state index in [9.17, 15) is 4.79 Å². The number of aliphatic imine (C=N–C) groups is 1. The lowest BCUT2D eigenvalue weighted by Gasteiger charge is -2.06. The van der Waals surface area contributed by atoms with Gasteiger partial charge in [0.2, 0.25) is 0 Å². The van der Waals surface area contributed by atoms with Crippen LogP contribution in [-0.2, 0) is 4.79 Å². The smallest absolute Gasteiger partial charge is 0.140 e. The average molecular weight is 281 g/mol. The Morgan fingerprint density at radius 2 is 2.00 bits per heavy atom. The molecule has 0 heterocycles. The topological polar surface area (TPSA) is 29.4 Å². The summed E-state index contributed by atoms with van der Waals surface area (Å²) in [4.78, 5) is 15.7. The third-order valence-corrected chi connectivity index (χ3v) is 4.45. The van der Waals surface area contributed by atoms with Gasteiger partial charge >= 0.3 is 0 Å². The van der Waals surface area contributed by atoms with Crippen molar-refractivity contribution in [2.45, 2.75) is 27.7 Å². The number of aryl methyl sites for hydroxylation is 2. The molecule has 0 fully saturated rings. The Hall–Kier alpha value is -0.740. The molecule has 0 bridgehead atoms. The third-order valence-electron chi connectivity index (χ3n) is 2.23. The zero-order chi connectivity index (χ0) is 13.5. The standard InChI is InChI=1S/C14H19NOS2/c1-5-17-14(18-9-12(4)16)15-13-7-6-10(2)8-11(13)3/h6-8H,5,9H2,1-4H3. The minimum absolute atomic E-state index is 0.185. The highest BCUT2D eigenvalue weighted by molar-refractivity contribution is 8.39. The summed E-state index contributed by atoms with van der Waals surface area (Å²) >= 11 is 3.21. The van der Waals surface area contributed by atoms with Gasteiger partial charge in [0, 0.05) is 0 Å². The highest BCUT2D eigenvalue weighted by atomic mass is 32.2. The monoisotopic (exact) mass is 281 g/mol. The van der Waals surface area contributed by atoms with E-state index in [0.717, 1.165) is 15.8 Å². The number of ketones is 1. The second-order valence-corrected chi connectivity index (χ2v) is 6.57. The van der Waals surface area contributed by atoms with Crippen LogP contribution in [0.1, 0.15) is 25.0 Å². The molecule has 0 radical (unpaired) electrons. The molecule has 2 nitrogen and oxygen atoms in total. The second-order valence-electron chi connectivity index (χ2n) is 4.09. The first-order valence-corrected chi connectivity index (χ1v) is 7.91. The Labute approximate surface area is 118 Å². The number of carbonyl (C=O) groups is 1. The van der Waals surface area contributed by atoms with Gasteiger partial charge in [-0.2, -0.15) is 0 Å². The minimum Gasteiger partial charge on any atom is -0.299 e. The van der Waals surface area contributed by atoms with Crippen LogP contribution in [0.5, 0.6) is 0 Å². The molecular weight excluding hydrogens is 262 g/mol. The van der Waals surface area contributed by atoms with E-state index in [1.807, 2.05) is 6.07 Å². The second kappa shape index (κ2) is 7.64. The van der Waals surface area contributed by atoms with Gasteiger partial charge in [-0.15, -0.1) is 0 Å². The quantitative estimate of drug-likeness (QED) is 0.606. The molecule has 0 aliphatic rings. The summed E-state index contributed by atoms with van der Waals surface area (Å²) in [5.41, 5.74) is 3.41. The van der Waals surface area contributed by atoms with Crippen molar-refractivity contribution in [3.05, 3.63) is 29.3 Å². The molecule has 98 valence electrons. The Kier molecular flexibility index (Phi) is 6.50. The van der Waals surface area contributed by atoms with Gasteiger partial charge in [-0.25, -0.2) is 4.99 Å². The van der Waals surface area contributed by atoms with Crippen LogP contribution in [0.25, 0.3) is 0 Å². The molecule has 0 unspecified atom stereocenters. The van der Waals surface area contributed by atoms with Crippen LogP contribution < -0.4 is 0 Å². The first-order chi connectivity index (χ1) is 8.52. The summed E-state index contributed by atoms with van der Waals surface area (Å²) in [6.45, 7) is 7.84. The molecule has 0 aliphatic carbocycles. The Balaban J connectivity index is 2.88. The molecule has 1 rings (SSSR count). The molecule has 0 saturated carbocycles. The summed E-state index contributed by atoms with van der Waals surface area (Å²) in [6.07, 6.45) is 0. The lowest BCUT2D eigenvalue weighted by atomic mass is 10.1. The van der Waals surface area contributed by atoms with Crippen LogP contribution in [0.15, 0.2) is 23.2 Å². The van der Waals surface area contributed by atoms with Crippen molar-refractivity contribution in [1.82, 2.24) is 0 Å². The molecule has 1 aromatic carbocycles. The predicted molar refractivity (Wildman–Crippen MR) is 84.3 cm³/mol. The molecule has 0 N–H and O–H groups in total. The number of nitrogens with zero attached hydrogens (tertiary/aromatic N) is 1. The summed E-state index contributed by atoms with van der Waals surface area (Å²) in [6, 6.07) is 6.23. The maximum Gasteiger partial charge on any atom is 0.140 e. The van der Waals surface area contributed by atoms with Gasteiger partial charge in [0.05, 0.1) is 11.4 Å². The van der Waals surface area contributed by atoms with Crippen molar-refractivity contribution in [2.24, 2.45) is 4.99 Å². The van der Waals surface area contributed by atoms with Gasteiger partial charge in [0.15, 0.2) is 0 Å². The van der Waals surface area contributed by atoms with Crippen LogP contribution in [-0.4, -0.2) is 21.7 Å². The maximum absolute atomic E-state index is 11.0. The lowest BCUT2D eigenvalue weighted by Crippen LogP contribution is -1.97. The number of benzene rings is 1. The SMILES string of the molecule is CCSC(=Nc1ccc(C)cc1C)SCC(C)=O. The summed E-state index contributed by atoms with van der Waals surface area (Å²) in [5, 5.41) is 0. The first kappa shape index (κ1) is 15.3. The molecule has 0 amide bonds. The van der Waals surface area contributed by atoms with E-state index in [1.54, 1.807) is 18.7 Å². The molecule has 0 atom stereocenters. The van der Waals surface area contributed by atoms with E-state index < -0.39 is 0 Å². The Bertz CT molecular complexity index is 455. The van der Waals surface area contributed by atoms with Crippen LogP contribution >= 0.6 is 23.5 Å². The number of thioether (sulfide) groups is 2. The largest absolute Gasteiger partial charge is 0.299 e. The van der Waals surface area contributed by atoms with Crippen LogP contribution in [0.3, 0.4) is 0 Å². The minimum atomic E-state index is 0.185. The fourth-order valence-corrected chi connectivity index (χ4v) is 3.19. The van der Waals surface area contributed by atoms with Crippen LogP contribution in [0.2, 0.25) is 0 Å².